The largest absolute Gasteiger partial charge is 0.481 e. The Morgan fingerprint density at radius 1 is 0.875 bits per heavy atom. The predicted octanol–water partition coefficient (Wildman–Crippen LogP) is 0.221. The lowest BCUT2D eigenvalue weighted by Gasteiger charge is -1.93. The highest BCUT2D eigenvalue weighted by Crippen LogP contribution is 2.18. The van der Waals surface area contributed by atoms with Crippen LogP contribution in [0.15, 0.2) is 0 Å². The lowest BCUT2D eigenvalue weighted by atomic mass is 10.3. The van der Waals surface area contributed by atoms with E-state index in [4.69, 9.17) is 21.7 Å². The SMILES string of the molecule is NCCSSCCN.O=C(O)CCC(=O)O. The minimum absolute atomic E-state index is 0.296. The Labute approximate surface area is 103 Å². The fourth-order valence-corrected chi connectivity index (χ4v) is 2.14. The molecule has 0 amide bonds. The van der Waals surface area contributed by atoms with E-state index in [1.165, 1.54) is 0 Å². The van der Waals surface area contributed by atoms with Crippen LogP contribution in [0.3, 0.4) is 0 Å². The van der Waals surface area contributed by atoms with E-state index in [-0.39, 0.29) is 12.8 Å². The molecule has 96 valence electrons. The van der Waals surface area contributed by atoms with E-state index in [0.717, 1.165) is 24.6 Å². The van der Waals surface area contributed by atoms with Crippen LogP contribution in [0.2, 0.25) is 0 Å². The Morgan fingerprint density at radius 2 is 1.19 bits per heavy atom. The predicted molar refractivity (Wildman–Crippen MR) is 67.5 cm³/mol. The molecule has 0 heterocycles. The van der Waals surface area contributed by atoms with Gasteiger partial charge in [0.2, 0.25) is 0 Å². The van der Waals surface area contributed by atoms with Crippen molar-refractivity contribution in [3.63, 3.8) is 0 Å². The molecule has 0 rings (SSSR count). The summed E-state index contributed by atoms with van der Waals surface area (Å²) in [5.74, 6) is -0.0881. The van der Waals surface area contributed by atoms with Crippen LogP contribution in [0.1, 0.15) is 12.8 Å². The molecule has 6 nitrogen and oxygen atoms in total. The van der Waals surface area contributed by atoms with Crippen LogP contribution in [0.4, 0.5) is 0 Å². The second-order valence-corrected chi connectivity index (χ2v) is 5.21. The summed E-state index contributed by atoms with van der Waals surface area (Å²) < 4.78 is 0. The number of aliphatic carboxylic acids is 2. The van der Waals surface area contributed by atoms with Crippen molar-refractivity contribution in [2.24, 2.45) is 11.5 Å². The first-order chi connectivity index (χ1) is 7.54. The zero-order chi connectivity index (χ0) is 12.8. The fraction of sp³-hybridized carbons (Fsp3) is 0.750. The molecule has 0 aromatic heterocycles. The van der Waals surface area contributed by atoms with E-state index < -0.39 is 11.9 Å². The summed E-state index contributed by atoms with van der Waals surface area (Å²) >= 11 is 0. The molecule has 0 bridgehead atoms. The number of carbonyl (C=O) groups is 2. The minimum Gasteiger partial charge on any atom is -0.481 e. The Hall–Kier alpha value is -0.440. The van der Waals surface area contributed by atoms with Gasteiger partial charge in [0.05, 0.1) is 12.8 Å². The summed E-state index contributed by atoms with van der Waals surface area (Å²) in [6.07, 6.45) is -0.593. The van der Waals surface area contributed by atoms with Crippen LogP contribution in [0.25, 0.3) is 0 Å². The second kappa shape index (κ2) is 14.6. The van der Waals surface area contributed by atoms with Gasteiger partial charge in [-0.3, -0.25) is 9.59 Å². The first kappa shape index (κ1) is 17.9. The molecule has 0 aliphatic heterocycles. The monoisotopic (exact) mass is 270 g/mol. The molecule has 0 unspecified atom stereocenters. The normalized spacial score (nSPS) is 9.12. The van der Waals surface area contributed by atoms with Gasteiger partial charge in [-0.05, 0) is 0 Å². The number of nitrogens with two attached hydrogens (primary N) is 2. The number of hydrogen-bond donors (Lipinski definition) is 4. The van der Waals surface area contributed by atoms with E-state index in [9.17, 15) is 9.59 Å². The molecule has 0 aliphatic rings. The average molecular weight is 270 g/mol. The maximum atomic E-state index is 9.64. The van der Waals surface area contributed by atoms with Crippen LogP contribution in [-0.4, -0.2) is 46.7 Å². The molecule has 0 aromatic rings. The van der Waals surface area contributed by atoms with Crippen LogP contribution in [-0.2, 0) is 9.59 Å². The highest BCUT2D eigenvalue weighted by Gasteiger charge is 2.00. The zero-order valence-corrected chi connectivity index (χ0v) is 10.6. The Morgan fingerprint density at radius 3 is 1.38 bits per heavy atom. The maximum Gasteiger partial charge on any atom is 0.303 e. The van der Waals surface area contributed by atoms with Gasteiger partial charge in [0, 0.05) is 24.6 Å². The standard InChI is InChI=1S/C4H12N2S2.C4H6O4/c5-1-3-7-8-4-2-6;5-3(6)1-2-4(7)8/h1-6H2;1-2H2,(H,5,6)(H,7,8). The lowest BCUT2D eigenvalue weighted by Crippen LogP contribution is -2.02. The summed E-state index contributed by atoms with van der Waals surface area (Å²) in [5, 5.41) is 15.8. The molecule has 0 aliphatic carbocycles. The number of rotatable bonds is 8. The van der Waals surface area contributed by atoms with E-state index in [0.29, 0.717) is 0 Å². The van der Waals surface area contributed by atoms with Gasteiger partial charge in [0.1, 0.15) is 0 Å². The minimum atomic E-state index is -1.08. The maximum absolute atomic E-state index is 9.64. The molecule has 6 N–H and O–H groups in total. The molecular formula is C8H18N2O4S2. The molecule has 0 saturated carbocycles. The van der Waals surface area contributed by atoms with E-state index >= 15 is 0 Å². The second-order valence-electron chi connectivity index (χ2n) is 2.51. The molecule has 0 saturated heterocycles. The van der Waals surface area contributed by atoms with E-state index in [1.807, 2.05) is 0 Å². The number of hydrogen-bond acceptors (Lipinski definition) is 6. The van der Waals surface area contributed by atoms with Gasteiger partial charge in [-0.1, -0.05) is 21.6 Å². The quantitative estimate of drug-likeness (QED) is 0.364. The van der Waals surface area contributed by atoms with Crippen LogP contribution < -0.4 is 11.5 Å². The number of carboxylic acids is 2. The van der Waals surface area contributed by atoms with Crippen molar-refractivity contribution in [2.75, 3.05) is 24.6 Å². The van der Waals surface area contributed by atoms with Crippen LogP contribution >= 0.6 is 21.6 Å². The van der Waals surface area contributed by atoms with Crippen molar-refractivity contribution in [2.45, 2.75) is 12.8 Å². The van der Waals surface area contributed by atoms with Crippen molar-refractivity contribution < 1.29 is 19.8 Å². The molecule has 0 spiro atoms. The van der Waals surface area contributed by atoms with Crippen molar-refractivity contribution >= 4 is 33.5 Å². The topological polar surface area (TPSA) is 127 Å². The summed E-state index contributed by atoms with van der Waals surface area (Å²) in [4.78, 5) is 19.3. The zero-order valence-electron chi connectivity index (χ0n) is 8.92. The first-order valence-electron chi connectivity index (χ1n) is 4.62. The third kappa shape index (κ3) is 23.4. The Kier molecular flexibility index (Phi) is 16.3. The van der Waals surface area contributed by atoms with Gasteiger partial charge in [-0.15, -0.1) is 0 Å². The summed E-state index contributed by atoms with van der Waals surface area (Å²) in [7, 11) is 3.58. The van der Waals surface area contributed by atoms with Crippen LogP contribution in [0, 0.1) is 0 Å². The van der Waals surface area contributed by atoms with Gasteiger partial charge < -0.3 is 21.7 Å². The van der Waals surface area contributed by atoms with Gasteiger partial charge >= 0.3 is 11.9 Å². The van der Waals surface area contributed by atoms with Gasteiger partial charge in [-0.2, -0.15) is 0 Å². The van der Waals surface area contributed by atoms with Crippen molar-refractivity contribution in [1.82, 2.24) is 0 Å². The van der Waals surface area contributed by atoms with Gasteiger partial charge in [0.15, 0.2) is 0 Å². The van der Waals surface area contributed by atoms with Crippen LogP contribution in [0.5, 0.6) is 0 Å². The van der Waals surface area contributed by atoms with Crippen molar-refractivity contribution in [3.05, 3.63) is 0 Å². The third-order valence-corrected chi connectivity index (χ3v) is 3.51. The average Bonchev–Trinajstić information content (AvgIpc) is 2.23. The molecule has 8 heteroatoms. The molecule has 0 radical (unpaired) electrons. The number of carboxylic acid groups (broad SMARTS) is 2. The highest BCUT2D eigenvalue weighted by molar-refractivity contribution is 8.76. The third-order valence-electron chi connectivity index (χ3n) is 1.04. The molecule has 0 fully saturated rings. The van der Waals surface area contributed by atoms with Gasteiger partial charge in [-0.25, -0.2) is 0 Å². The fourth-order valence-electron chi connectivity index (χ4n) is 0.428. The molecular weight excluding hydrogens is 252 g/mol. The summed E-state index contributed by atoms with van der Waals surface area (Å²) in [6.45, 7) is 1.53. The van der Waals surface area contributed by atoms with Crippen molar-refractivity contribution in [1.29, 1.82) is 0 Å². The smallest absolute Gasteiger partial charge is 0.303 e. The molecule has 0 aromatic carbocycles. The van der Waals surface area contributed by atoms with Gasteiger partial charge in [0.25, 0.3) is 0 Å². The Bertz CT molecular complexity index is 173. The summed E-state index contributed by atoms with van der Waals surface area (Å²) in [6, 6.07) is 0. The summed E-state index contributed by atoms with van der Waals surface area (Å²) in [5.41, 5.74) is 10.5. The van der Waals surface area contributed by atoms with E-state index in [1.54, 1.807) is 21.6 Å². The Balaban J connectivity index is 0. The molecule has 0 atom stereocenters. The first-order valence-corrected chi connectivity index (χ1v) is 7.11. The molecule has 16 heavy (non-hydrogen) atoms. The van der Waals surface area contributed by atoms with E-state index in [2.05, 4.69) is 0 Å². The highest BCUT2D eigenvalue weighted by atomic mass is 33.1. The van der Waals surface area contributed by atoms with Crippen molar-refractivity contribution in [3.8, 4) is 0 Å². The lowest BCUT2D eigenvalue weighted by molar-refractivity contribution is -0.143.